The lowest BCUT2D eigenvalue weighted by atomic mass is 10.1. The van der Waals surface area contributed by atoms with Gasteiger partial charge in [-0.3, -0.25) is 4.90 Å². The van der Waals surface area contributed by atoms with Crippen LogP contribution in [0.15, 0.2) is 0 Å². The maximum atomic E-state index is 12.2. The first-order valence-corrected chi connectivity index (χ1v) is 7.68. The Morgan fingerprint density at radius 2 is 1.94 bits per heavy atom. The average molecular weight is 246 g/mol. The number of fused-ring (bicyclic) bond motifs is 1. The smallest absolute Gasteiger partial charge is 0.216 e. The van der Waals surface area contributed by atoms with Gasteiger partial charge in [-0.15, -0.1) is 0 Å². The third-order valence-electron chi connectivity index (χ3n) is 3.80. The van der Waals surface area contributed by atoms with Gasteiger partial charge in [0, 0.05) is 25.2 Å². The second-order valence-electron chi connectivity index (χ2n) is 5.30. The fourth-order valence-corrected chi connectivity index (χ4v) is 4.28. The molecule has 0 aromatic carbocycles. The predicted molar refractivity (Wildman–Crippen MR) is 64.8 cm³/mol. The summed E-state index contributed by atoms with van der Waals surface area (Å²) in [5.41, 5.74) is 0. The lowest BCUT2D eigenvalue weighted by molar-refractivity contribution is 0.116. The van der Waals surface area contributed by atoms with Crippen LogP contribution in [0.3, 0.4) is 0 Å². The number of hydrogen-bond acceptors (Lipinski definition) is 3. The highest BCUT2D eigenvalue weighted by molar-refractivity contribution is 7.89. The van der Waals surface area contributed by atoms with Gasteiger partial charge in [0.2, 0.25) is 10.0 Å². The summed E-state index contributed by atoms with van der Waals surface area (Å²) in [5.74, 6) is 0. The summed E-state index contributed by atoms with van der Waals surface area (Å²) in [6.45, 7) is 8.30. The molecule has 16 heavy (non-hydrogen) atoms. The van der Waals surface area contributed by atoms with E-state index in [1.165, 1.54) is 6.42 Å². The van der Waals surface area contributed by atoms with Crippen molar-refractivity contribution >= 4 is 10.0 Å². The molecule has 0 saturated carbocycles. The summed E-state index contributed by atoms with van der Waals surface area (Å²) in [7, 11) is -3.08. The van der Waals surface area contributed by atoms with Gasteiger partial charge in [-0.05, 0) is 40.2 Å². The Labute approximate surface area is 98.7 Å². The van der Waals surface area contributed by atoms with Gasteiger partial charge < -0.3 is 0 Å². The van der Waals surface area contributed by atoms with Crippen molar-refractivity contribution in [3.8, 4) is 0 Å². The Hall–Kier alpha value is -0.130. The molecule has 0 aromatic heterocycles. The highest BCUT2D eigenvalue weighted by atomic mass is 32.2. The Kier molecular flexibility index (Phi) is 3.29. The number of piperazine rings is 1. The van der Waals surface area contributed by atoms with Crippen LogP contribution in [0.4, 0.5) is 0 Å². The van der Waals surface area contributed by atoms with Crippen molar-refractivity contribution in [1.29, 1.82) is 0 Å². The minimum absolute atomic E-state index is 0.127. The second kappa shape index (κ2) is 4.27. The van der Waals surface area contributed by atoms with E-state index in [1.807, 2.05) is 6.92 Å². The molecule has 2 heterocycles. The molecule has 0 N–H and O–H groups in total. The fourth-order valence-electron chi connectivity index (χ4n) is 2.79. The molecular formula is C11H22N2O2S. The molecule has 2 rings (SSSR count). The first-order chi connectivity index (χ1) is 7.43. The zero-order valence-electron chi connectivity index (χ0n) is 10.4. The third-order valence-corrected chi connectivity index (χ3v) is 6.16. The van der Waals surface area contributed by atoms with E-state index in [9.17, 15) is 8.42 Å². The molecule has 2 aliphatic rings. The van der Waals surface area contributed by atoms with Crippen LogP contribution >= 0.6 is 0 Å². The van der Waals surface area contributed by atoms with Gasteiger partial charge >= 0.3 is 0 Å². The molecular weight excluding hydrogens is 224 g/mol. The van der Waals surface area contributed by atoms with Crippen LogP contribution < -0.4 is 0 Å². The molecule has 2 atom stereocenters. The fraction of sp³-hybridized carbons (Fsp3) is 1.00. The Bertz CT molecular complexity index is 353. The SMILES string of the molecule is CC1CN2CCCC2CN1S(=O)(=O)C(C)C. The van der Waals surface area contributed by atoms with Crippen LogP contribution in [0.5, 0.6) is 0 Å². The van der Waals surface area contributed by atoms with Gasteiger partial charge in [0.1, 0.15) is 0 Å². The number of rotatable bonds is 2. The molecule has 0 radical (unpaired) electrons. The Balaban J connectivity index is 2.17. The Morgan fingerprint density at radius 3 is 2.56 bits per heavy atom. The molecule has 0 amide bonds. The van der Waals surface area contributed by atoms with Crippen molar-refractivity contribution < 1.29 is 8.42 Å². The topological polar surface area (TPSA) is 40.6 Å². The predicted octanol–water partition coefficient (Wildman–Crippen LogP) is 0.893. The van der Waals surface area contributed by atoms with E-state index in [0.717, 1.165) is 19.5 Å². The van der Waals surface area contributed by atoms with Gasteiger partial charge in [-0.25, -0.2) is 8.42 Å². The quantitative estimate of drug-likeness (QED) is 0.726. The monoisotopic (exact) mass is 246 g/mol. The lowest BCUT2D eigenvalue weighted by Gasteiger charge is -2.42. The van der Waals surface area contributed by atoms with E-state index in [0.29, 0.717) is 12.6 Å². The highest BCUT2D eigenvalue weighted by Gasteiger charge is 2.40. The van der Waals surface area contributed by atoms with Crippen molar-refractivity contribution in [2.24, 2.45) is 0 Å². The van der Waals surface area contributed by atoms with Gasteiger partial charge in [-0.2, -0.15) is 4.31 Å². The summed E-state index contributed by atoms with van der Waals surface area (Å²) >= 11 is 0. The Morgan fingerprint density at radius 1 is 1.25 bits per heavy atom. The summed E-state index contributed by atoms with van der Waals surface area (Å²) in [6, 6.07) is 0.589. The van der Waals surface area contributed by atoms with Crippen LogP contribution in [0, 0.1) is 0 Å². The van der Waals surface area contributed by atoms with E-state index in [-0.39, 0.29) is 11.3 Å². The standard InChI is InChI=1S/C11H22N2O2S/c1-9(2)16(14,15)13-8-11-5-4-6-12(11)7-10(13)3/h9-11H,4-8H2,1-3H3. The second-order valence-corrected chi connectivity index (χ2v) is 7.75. The summed E-state index contributed by atoms with van der Waals surface area (Å²) in [4.78, 5) is 2.44. The van der Waals surface area contributed by atoms with E-state index >= 15 is 0 Å². The minimum Gasteiger partial charge on any atom is -0.297 e. The molecule has 2 aliphatic heterocycles. The molecule has 4 nitrogen and oxygen atoms in total. The highest BCUT2D eigenvalue weighted by Crippen LogP contribution is 2.27. The largest absolute Gasteiger partial charge is 0.297 e. The molecule has 2 saturated heterocycles. The third kappa shape index (κ3) is 2.00. The van der Waals surface area contributed by atoms with Crippen LogP contribution in [-0.4, -0.2) is 54.6 Å². The first-order valence-electron chi connectivity index (χ1n) is 6.17. The number of nitrogens with zero attached hydrogens (tertiary/aromatic N) is 2. The zero-order chi connectivity index (χ0) is 11.9. The maximum absolute atomic E-state index is 12.2. The van der Waals surface area contributed by atoms with Crippen molar-refractivity contribution in [2.75, 3.05) is 19.6 Å². The van der Waals surface area contributed by atoms with Crippen molar-refractivity contribution in [3.05, 3.63) is 0 Å². The molecule has 94 valence electrons. The normalized spacial score (nSPS) is 33.2. The lowest BCUT2D eigenvalue weighted by Crippen LogP contribution is -2.57. The van der Waals surface area contributed by atoms with Crippen LogP contribution in [0.1, 0.15) is 33.6 Å². The zero-order valence-corrected chi connectivity index (χ0v) is 11.2. The molecule has 0 spiro atoms. The van der Waals surface area contributed by atoms with Gasteiger partial charge in [0.05, 0.1) is 5.25 Å². The first kappa shape index (κ1) is 12.3. The van der Waals surface area contributed by atoms with E-state index in [2.05, 4.69) is 4.90 Å². The van der Waals surface area contributed by atoms with Gasteiger partial charge in [-0.1, -0.05) is 0 Å². The van der Waals surface area contributed by atoms with Crippen LogP contribution in [0.25, 0.3) is 0 Å². The molecule has 5 heteroatoms. The van der Waals surface area contributed by atoms with Gasteiger partial charge in [0.25, 0.3) is 0 Å². The van der Waals surface area contributed by atoms with E-state index < -0.39 is 10.0 Å². The van der Waals surface area contributed by atoms with Crippen molar-refractivity contribution in [2.45, 2.75) is 50.9 Å². The molecule has 0 aliphatic carbocycles. The average Bonchev–Trinajstić information content (AvgIpc) is 2.62. The van der Waals surface area contributed by atoms with Crippen molar-refractivity contribution in [3.63, 3.8) is 0 Å². The van der Waals surface area contributed by atoms with Gasteiger partial charge in [0.15, 0.2) is 0 Å². The molecule has 2 unspecified atom stereocenters. The molecule has 2 fully saturated rings. The summed E-state index contributed by atoms with van der Waals surface area (Å²) in [5, 5.41) is -0.303. The minimum atomic E-state index is -3.08. The molecule has 0 aromatic rings. The summed E-state index contributed by atoms with van der Waals surface area (Å²) < 4.78 is 26.1. The molecule has 0 bridgehead atoms. The number of hydrogen-bond donors (Lipinski definition) is 0. The number of sulfonamides is 1. The van der Waals surface area contributed by atoms with Crippen molar-refractivity contribution in [1.82, 2.24) is 9.21 Å². The van der Waals surface area contributed by atoms with E-state index in [1.54, 1.807) is 18.2 Å². The van der Waals surface area contributed by atoms with Crippen LogP contribution in [0.2, 0.25) is 0 Å². The summed E-state index contributed by atoms with van der Waals surface area (Å²) in [6.07, 6.45) is 2.36. The maximum Gasteiger partial charge on any atom is 0.216 e. The van der Waals surface area contributed by atoms with Crippen LogP contribution in [-0.2, 0) is 10.0 Å². The van der Waals surface area contributed by atoms with E-state index in [4.69, 9.17) is 0 Å².